The van der Waals surface area contributed by atoms with Crippen LogP contribution in [0.1, 0.15) is 20.8 Å². The maximum Gasteiger partial charge on any atom is 0.462 e. The van der Waals surface area contributed by atoms with Crippen molar-refractivity contribution in [3.8, 4) is 0 Å². The number of alkyl halides is 17. The molecule has 0 aliphatic rings. The minimum absolute atomic E-state index is 1.05. The Kier molecular flexibility index (Phi) is 8.48. The van der Waals surface area contributed by atoms with Crippen molar-refractivity contribution in [3.63, 3.8) is 0 Å². The second-order valence-electron chi connectivity index (χ2n) is 7.63. The van der Waals surface area contributed by atoms with Gasteiger partial charge in [-0.3, -0.25) is 9.47 Å². The minimum atomic E-state index is -8.05. The Balaban J connectivity index is 6.69. The molecule has 0 fully saturated rings. The molecule has 0 unspecified atom stereocenters. The van der Waals surface area contributed by atoms with Crippen molar-refractivity contribution in [1.82, 2.24) is 0 Å². The molecule has 35 heavy (non-hydrogen) atoms. The third kappa shape index (κ3) is 6.50. The van der Waals surface area contributed by atoms with Gasteiger partial charge in [0.2, 0.25) is 0 Å². The SMILES string of the molecule is CC(C)(C)COC(=O)[C@](F)(OC(F)(F)[C@@](F)(OC(F)(F)C(F)(F)C(F)(F)F)C(F)(F)F)C(F)(F)F. The first kappa shape index (κ1) is 33.2. The number of hydrogen-bond acceptors (Lipinski definition) is 4. The summed E-state index contributed by atoms with van der Waals surface area (Å²) in [5.74, 6) is -26.4. The van der Waals surface area contributed by atoms with E-state index in [4.69, 9.17) is 0 Å². The predicted molar refractivity (Wildman–Crippen MR) is 73.3 cm³/mol. The van der Waals surface area contributed by atoms with E-state index in [9.17, 15) is 79.4 Å². The van der Waals surface area contributed by atoms with Crippen molar-refractivity contribution in [1.29, 1.82) is 0 Å². The molecule has 4 nitrogen and oxygen atoms in total. The molecule has 210 valence electrons. The van der Waals surface area contributed by atoms with Gasteiger partial charge in [0, 0.05) is 0 Å². The molecule has 0 aromatic heterocycles. The van der Waals surface area contributed by atoms with E-state index in [1.165, 1.54) is 4.74 Å². The summed E-state index contributed by atoms with van der Waals surface area (Å²) in [6, 6.07) is 0. The monoisotopic (exact) mass is 566 g/mol. The van der Waals surface area contributed by atoms with Gasteiger partial charge in [-0.1, -0.05) is 20.8 Å². The van der Waals surface area contributed by atoms with Crippen molar-refractivity contribution in [3.05, 3.63) is 0 Å². The molecular formula is C14H11F17O4. The van der Waals surface area contributed by atoms with E-state index in [2.05, 4.69) is 4.74 Å². The highest BCUT2D eigenvalue weighted by Gasteiger charge is 2.85. The molecule has 0 amide bonds. The lowest BCUT2D eigenvalue weighted by molar-refractivity contribution is -0.548. The zero-order chi connectivity index (χ0) is 28.9. The number of ether oxygens (including phenoxy) is 3. The standard InChI is InChI=1S/C14H11F17O4/c1-6(2,3)4-33-5(32)7(15,10(19,20)21)34-14(30,31)9(18,12(25,26)27)35-13(28,29)8(16,17)11(22,23)24/h4H2,1-3H3/t7-,9-/m0/s1. The summed E-state index contributed by atoms with van der Waals surface area (Å²) >= 11 is 0. The fourth-order valence-electron chi connectivity index (χ4n) is 1.52. The molecule has 21 heteroatoms. The average Bonchev–Trinajstić information content (AvgIpc) is 2.54. The molecule has 0 saturated carbocycles. The van der Waals surface area contributed by atoms with Crippen LogP contribution in [0.15, 0.2) is 0 Å². The van der Waals surface area contributed by atoms with E-state index >= 15 is 0 Å². The lowest BCUT2D eigenvalue weighted by atomic mass is 9.99. The van der Waals surface area contributed by atoms with Crippen molar-refractivity contribution < 1.29 is 93.6 Å². The number of rotatable bonds is 8. The lowest BCUT2D eigenvalue weighted by Gasteiger charge is -2.40. The molecule has 0 N–H and O–H groups in total. The first-order chi connectivity index (χ1) is 14.8. The number of hydrogen-bond donors (Lipinski definition) is 0. The number of esters is 1. The Hall–Kier alpha value is -1.80. The molecule has 0 aromatic rings. The van der Waals surface area contributed by atoms with Crippen molar-refractivity contribution in [2.45, 2.75) is 69.1 Å². The zero-order valence-corrected chi connectivity index (χ0v) is 16.8. The van der Waals surface area contributed by atoms with Gasteiger partial charge < -0.3 is 4.74 Å². The Labute approximate surface area is 182 Å². The van der Waals surface area contributed by atoms with E-state index < -0.39 is 66.4 Å². The van der Waals surface area contributed by atoms with E-state index in [0.29, 0.717) is 0 Å². The third-order valence-corrected chi connectivity index (χ3v) is 3.26. The van der Waals surface area contributed by atoms with Gasteiger partial charge in [0.1, 0.15) is 0 Å². The van der Waals surface area contributed by atoms with Crippen LogP contribution in [0.4, 0.5) is 74.6 Å². The number of halogens is 17. The van der Waals surface area contributed by atoms with E-state index in [1.54, 1.807) is 0 Å². The highest BCUT2D eigenvalue weighted by molar-refractivity contribution is 5.79. The van der Waals surface area contributed by atoms with Crippen molar-refractivity contribution >= 4 is 5.97 Å². The van der Waals surface area contributed by atoms with Crippen molar-refractivity contribution in [2.75, 3.05) is 6.61 Å². The quantitative estimate of drug-likeness (QED) is 0.251. The molecule has 0 bridgehead atoms. The normalized spacial score (nSPS) is 18.6. The van der Waals surface area contributed by atoms with E-state index in [1.807, 2.05) is 4.74 Å². The van der Waals surface area contributed by atoms with E-state index in [0.717, 1.165) is 20.8 Å². The maximum absolute atomic E-state index is 14.1. The lowest BCUT2D eigenvalue weighted by Crippen LogP contribution is -2.68. The maximum atomic E-state index is 14.1. The van der Waals surface area contributed by atoms with Crippen LogP contribution in [0.25, 0.3) is 0 Å². The molecule has 0 heterocycles. The first-order valence-electron chi connectivity index (χ1n) is 8.08. The molecular weight excluding hydrogens is 555 g/mol. The van der Waals surface area contributed by atoms with Crippen LogP contribution in [-0.2, 0) is 19.0 Å². The van der Waals surface area contributed by atoms with Crippen LogP contribution in [0.3, 0.4) is 0 Å². The van der Waals surface area contributed by atoms with Gasteiger partial charge in [0.25, 0.3) is 0 Å². The molecule has 0 rings (SSSR count). The van der Waals surface area contributed by atoms with Gasteiger partial charge >= 0.3 is 54.3 Å². The fraction of sp³-hybridized carbons (Fsp3) is 0.929. The zero-order valence-electron chi connectivity index (χ0n) is 16.8. The van der Waals surface area contributed by atoms with Crippen LogP contribution >= 0.6 is 0 Å². The molecule has 0 spiro atoms. The van der Waals surface area contributed by atoms with Gasteiger partial charge in [-0.15, -0.1) is 0 Å². The van der Waals surface area contributed by atoms with Crippen LogP contribution in [0.2, 0.25) is 0 Å². The Morgan fingerprint density at radius 2 is 0.971 bits per heavy atom. The highest BCUT2D eigenvalue weighted by Crippen LogP contribution is 2.56. The van der Waals surface area contributed by atoms with Crippen molar-refractivity contribution in [2.24, 2.45) is 5.41 Å². The molecule has 0 aliphatic carbocycles. The Morgan fingerprint density at radius 1 is 0.571 bits per heavy atom. The summed E-state index contributed by atoms with van der Waals surface area (Å²) in [4.78, 5) is 11.4. The summed E-state index contributed by atoms with van der Waals surface area (Å²) in [5.41, 5.74) is -1.39. The van der Waals surface area contributed by atoms with Gasteiger partial charge in [-0.2, -0.15) is 74.6 Å². The third-order valence-electron chi connectivity index (χ3n) is 3.26. The van der Waals surface area contributed by atoms with Crippen LogP contribution in [0.5, 0.6) is 0 Å². The second-order valence-corrected chi connectivity index (χ2v) is 7.63. The average molecular weight is 566 g/mol. The first-order valence-corrected chi connectivity index (χ1v) is 8.08. The van der Waals surface area contributed by atoms with Gasteiger partial charge in [0.15, 0.2) is 0 Å². The van der Waals surface area contributed by atoms with Gasteiger partial charge in [0.05, 0.1) is 6.61 Å². The summed E-state index contributed by atoms with van der Waals surface area (Å²) in [6.07, 6.45) is -38.6. The predicted octanol–water partition coefficient (Wildman–Crippen LogP) is 6.45. The van der Waals surface area contributed by atoms with Crippen LogP contribution in [-0.4, -0.2) is 61.0 Å². The van der Waals surface area contributed by atoms with Crippen LogP contribution in [0, 0.1) is 5.41 Å². The minimum Gasteiger partial charge on any atom is -0.461 e. The fourth-order valence-corrected chi connectivity index (χ4v) is 1.52. The van der Waals surface area contributed by atoms with Crippen LogP contribution < -0.4 is 0 Å². The van der Waals surface area contributed by atoms with Gasteiger partial charge in [-0.25, -0.2) is 4.79 Å². The van der Waals surface area contributed by atoms with E-state index in [-0.39, 0.29) is 0 Å². The highest BCUT2D eigenvalue weighted by atomic mass is 19.4. The molecule has 0 radical (unpaired) electrons. The van der Waals surface area contributed by atoms with Gasteiger partial charge in [-0.05, 0) is 5.41 Å². The summed E-state index contributed by atoms with van der Waals surface area (Å²) < 4.78 is 227. The molecule has 0 aromatic carbocycles. The number of carbonyl (C=O) groups excluding carboxylic acids is 1. The summed E-state index contributed by atoms with van der Waals surface area (Å²) in [7, 11) is 0. The summed E-state index contributed by atoms with van der Waals surface area (Å²) in [5, 5.41) is 0. The summed E-state index contributed by atoms with van der Waals surface area (Å²) in [6.45, 7) is 1.84. The topological polar surface area (TPSA) is 44.8 Å². The second kappa shape index (κ2) is 8.94. The molecule has 0 aliphatic heterocycles. The largest absolute Gasteiger partial charge is 0.462 e. The molecule has 0 saturated heterocycles. The number of carbonyl (C=O) groups is 1. The Morgan fingerprint density at radius 3 is 1.26 bits per heavy atom. The molecule has 2 atom stereocenters. The Bertz CT molecular complexity index is 763. The smallest absolute Gasteiger partial charge is 0.461 e.